The Kier molecular flexibility index (Phi) is 11.9. The molecule has 0 saturated carbocycles. The van der Waals surface area contributed by atoms with Crippen LogP contribution in [0.15, 0.2) is 109 Å². The number of methoxy groups -OCH3 is 2. The number of hydrogen-bond acceptors (Lipinski definition) is 8. The zero-order chi connectivity index (χ0) is 36.1. The summed E-state index contributed by atoms with van der Waals surface area (Å²) in [5.41, 5.74) is 5.28. The Morgan fingerprint density at radius 3 is 1.20 bits per heavy atom. The van der Waals surface area contributed by atoms with Crippen molar-refractivity contribution in [1.29, 1.82) is 0 Å². The van der Waals surface area contributed by atoms with Crippen LogP contribution in [-0.2, 0) is 51.6 Å². The topological polar surface area (TPSA) is 121 Å². The Morgan fingerprint density at radius 2 is 0.880 bits per heavy atom. The third-order valence-electron chi connectivity index (χ3n) is 9.65. The van der Waals surface area contributed by atoms with Crippen LogP contribution in [0.4, 0.5) is 0 Å². The summed E-state index contributed by atoms with van der Waals surface area (Å²) in [6.45, 7) is 0. The maximum absolute atomic E-state index is 12.8. The van der Waals surface area contributed by atoms with E-state index in [1.807, 2.05) is 109 Å². The molecule has 10 heteroatoms. The number of Topliss-reactive ketones (excluding diaryl/α,β-unsaturated/α-hetero) is 2. The van der Waals surface area contributed by atoms with Crippen molar-refractivity contribution in [3.8, 4) is 0 Å². The Hall–Kier alpha value is -3.96. The molecule has 0 heterocycles. The fourth-order valence-electron chi connectivity index (χ4n) is 7.69. The summed E-state index contributed by atoms with van der Waals surface area (Å²) in [6, 6.07) is 33.7. The third-order valence-corrected chi connectivity index (χ3v) is 12.8. The molecular formula is C40H44O8S2. The number of sulfone groups is 2. The molecule has 6 rings (SSSR count). The molecule has 0 fully saturated rings. The van der Waals surface area contributed by atoms with Gasteiger partial charge in [-0.05, 0) is 58.1 Å². The molecule has 0 spiro atoms. The van der Waals surface area contributed by atoms with Crippen LogP contribution in [0.2, 0.25) is 0 Å². The van der Waals surface area contributed by atoms with E-state index in [2.05, 4.69) is 0 Å². The standard InChI is InChI=1S/2C20H22O4S/c2*1-24-19(14-8-4-3-5-9-14)18(21)13-16-12-15-10-6-7-11-17(15)20(16)25(2,22)23/h2*3-11,16,19-20H,12-13H2,1-2H3/t2*16?,19-,20?/m10/s1. The number of carbonyl (C=O) groups is 2. The van der Waals surface area contributed by atoms with E-state index in [0.29, 0.717) is 12.8 Å². The van der Waals surface area contributed by atoms with E-state index < -0.39 is 42.4 Å². The van der Waals surface area contributed by atoms with Crippen molar-refractivity contribution in [2.75, 3.05) is 26.7 Å². The summed E-state index contributed by atoms with van der Waals surface area (Å²) in [5.74, 6) is -0.664. The molecule has 0 radical (unpaired) electrons. The predicted molar refractivity (Wildman–Crippen MR) is 194 cm³/mol. The molecule has 0 bridgehead atoms. The fraction of sp³-hybridized carbons (Fsp3) is 0.350. The summed E-state index contributed by atoms with van der Waals surface area (Å²) in [6.07, 6.45) is 2.75. The van der Waals surface area contributed by atoms with Crippen LogP contribution in [0.25, 0.3) is 0 Å². The first-order valence-electron chi connectivity index (χ1n) is 16.6. The maximum atomic E-state index is 12.8. The molecule has 2 aliphatic rings. The van der Waals surface area contributed by atoms with Crippen molar-refractivity contribution >= 4 is 31.2 Å². The minimum atomic E-state index is -3.30. The van der Waals surface area contributed by atoms with Gasteiger partial charge in [-0.15, -0.1) is 0 Å². The number of benzene rings is 4. The molecule has 0 aromatic heterocycles. The molecule has 0 saturated heterocycles. The van der Waals surface area contributed by atoms with E-state index >= 15 is 0 Å². The van der Waals surface area contributed by atoms with Gasteiger partial charge in [0.2, 0.25) is 0 Å². The van der Waals surface area contributed by atoms with Gasteiger partial charge in [0, 0.05) is 39.6 Å². The van der Waals surface area contributed by atoms with Crippen molar-refractivity contribution in [3.63, 3.8) is 0 Å². The summed E-state index contributed by atoms with van der Waals surface area (Å²) in [5, 5.41) is -1.25. The quantitative estimate of drug-likeness (QED) is 0.161. The van der Waals surface area contributed by atoms with Gasteiger partial charge in [-0.2, -0.15) is 0 Å². The first-order chi connectivity index (χ1) is 23.8. The highest BCUT2D eigenvalue weighted by Crippen LogP contribution is 2.45. The average molecular weight is 717 g/mol. The number of ether oxygens (including phenoxy) is 2. The highest BCUT2D eigenvalue weighted by molar-refractivity contribution is 7.91. The molecule has 4 aromatic carbocycles. The van der Waals surface area contributed by atoms with Crippen molar-refractivity contribution in [2.24, 2.45) is 11.8 Å². The number of ketones is 2. The summed E-state index contributed by atoms with van der Waals surface area (Å²) in [7, 11) is -3.59. The Balaban J connectivity index is 0.000000194. The minimum absolute atomic E-state index is 0.0832. The molecule has 0 N–H and O–H groups in total. The Labute approximate surface area is 295 Å². The van der Waals surface area contributed by atoms with Gasteiger partial charge in [0.05, 0.1) is 10.5 Å². The smallest absolute Gasteiger partial charge is 0.166 e. The Bertz CT molecular complexity index is 1860. The first-order valence-corrected chi connectivity index (χ1v) is 20.5. The van der Waals surface area contributed by atoms with Crippen molar-refractivity contribution in [2.45, 2.75) is 48.4 Å². The van der Waals surface area contributed by atoms with Crippen LogP contribution in [0, 0.1) is 11.8 Å². The van der Waals surface area contributed by atoms with E-state index in [0.717, 1.165) is 33.4 Å². The molecule has 8 nitrogen and oxygen atoms in total. The Morgan fingerprint density at radius 1 is 0.560 bits per heavy atom. The molecule has 0 aliphatic heterocycles. The third kappa shape index (κ3) is 8.49. The van der Waals surface area contributed by atoms with E-state index in [1.165, 1.54) is 26.7 Å². The summed E-state index contributed by atoms with van der Waals surface area (Å²) < 4.78 is 60.2. The fourth-order valence-corrected chi connectivity index (χ4v) is 10.9. The molecule has 50 heavy (non-hydrogen) atoms. The monoisotopic (exact) mass is 716 g/mol. The maximum Gasteiger partial charge on any atom is 0.166 e. The number of hydrogen-bond donors (Lipinski definition) is 0. The van der Waals surface area contributed by atoms with Crippen molar-refractivity contribution < 1.29 is 35.9 Å². The molecule has 4 aromatic rings. The van der Waals surface area contributed by atoms with Crippen LogP contribution >= 0.6 is 0 Å². The second kappa shape index (κ2) is 15.9. The van der Waals surface area contributed by atoms with Crippen LogP contribution < -0.4 is 0 Å². The molecular weight excluding hydrogens is 673 g/mol. The van der Waals surface area contributed by atoms with Crippen LogP contribution in [0.5, 0.6) is 0 Å². The number of carbonyl (C=O) groups excluding carboxylic acids is 2. The van der Waals surface area contributed by atoms with Gasteiger partial charge in [0.25, 0.3) is 0 Å². The molecule has 0 amide bonds. The highest BCUT2D eigenvalue weighted by Gasteiger charge is 2.42. The number of rotatable bonds is 12. The van der Waals surface area contributed by atoms with Crippen molar-refractivity contribution in [1.82, 2.24) is 0 Å². The molecule has 4 unspecified atom stereocenters. The lowest BCUT2D eigenvalue weighted by atomic mass is 9.94. The molecule has 264 valence electrons. The van der Waals surface area contributed by atoms with Gasteiger partial charge in [0.15, 0.2) is 31.2 Å². The first kappa shape index (κ1) is 37.3. The predicted octanol–water partition coefficient (Wildman–Crippen LogP) is 6.58. The zero-order valence-corrected chi connectivity index (χ0v) is 30.4. The number of fused-ring (bicyclic) bond motifs is 2. The van der Waals surface area contributed by atoms with Gasteiger partial charge in [-0.3, -0.25) is 9.59 Å². The van der Waals surface area contributed by atoms with Crippen LogP contribution in [0.1, 0.15) is 68.9 Å². The normalized spacial score (nSPS) is 20.9. The van der Waals surface area contributed by atoms with Gasteiger partial charge in [-0.25, -0.2) is 16.8 Å². The van der Waals surface area contributed by atoms with Gasteiger partial charge in [-0.1, -0.05) is 109 Å². The second-order valence-corrected chi connectivity index (χ2v) is 17.6. The SMILES string of the molecule is CO[C@@H](C(=O)CC1Cc2ccccc2C1S(C)(=O)=O)c1ccccc1.CO[C@H](C(=O)CC1Cc2ccccc2C1S(C)(=O)=O)c1ccccc1. The highest BCUT2D eigenvalue weighted by atomic mass is 32.2. The van der Waals surface area contributed by atoms with E-state index in [1.54, 1.807) is 0 Å². The van der Waals surface area contributed by atoms with Gasteiger partial charge in [0.1, 0.15) is 12.2 Å². The van der Waals surface area contributed by atoms with Gasteiger partial charge < -0.3 is 9.47 Å². The van der Waals surface area contributed by atoms with E-state index in [-0.39, 0.29) is 36.2 Å². The van der Waals surface area contributed by atoms with Crippen LogP contribution in [0.3, 0.4) is 0 Å². The molecule has 6 atom stereocenters. The van der Waals surface area contributed by atoms with Crippen molar-refractivity contribution in [3.05, 3.63) is 143 Å². The second-order valence-electron chi connectivity index (χ2n) is 13.2. The lowest BCUT2D eigenvalue weighted by molar-refractivity contribution is -0.130. The lowest BCUT2D eigenvalue weighted by Gasteiger charge is -2.21. The largest absolute Gasteiger partial charge is 0.369 e. The van der Waals surface area contributed by atoms with Crippen LogP contribution in [-0.4, -0.2) is 55.1 Å². The lowest BCUT2D eigenvalue weighted by Crippen LogP contribution is -2.23. The van der Waals surface area contributed by atoms with E-state index in [4.69, 9.17) is 9.47 Å². The molecule has 2 aliphatic carbocycles. The van der Waals surface area contributed by atoms with E-state index in [9.17, 15) is 26.4 Å². The summed E-state index contributed by atoms with van der Waals surface area (Å²) >= 11 is 0. The minimum Gasteiger partial charge on any atom is -0.369 e. The average Bonchev–Trinajstić information content (AvgIpc) is 3.64. The van der Waals surface area contributed by atoms with Gasteiger partial charge >= 0.3 is 0 Å². The zero-order valence-electron chi connectivity index (χ0n) is 28.8. The summed E-state index contributed by atoms with van der Waals surface area (Å²) in [4.78, 5) is 25.7.